The summed E-state index contributed by atoms with van der Waals surface area (Å²) in [5.74, 6) is 0.465. The van der Waals surface area contributed by atoms with E-state index in [4.69, 9.17) is 14.2 Å². The van der Waals surface area contributed by atoms with Crippen LogP contribution in [-0.4, -0.2) is 23.6 Å². The number of nitro benzene ring substituents is 1. The Morgan fingerprint density at radius 2 is 1.36 bits per heavy atom. The van der Waals surface area contributed by atoms with E-state index < -0.39 is 10.9 Å². The summed E-state index contributed by atoms with van der Waals surface area (Å²) in [5.41, 5.74) is 2.04. The highest BCUT2D eigenvalue weighted by atomic mass is 16.6. The van der Waals surface area contributed by atoms with Gasteiger partial charge in [-0.15, -0.1) is 13.2 Å². The molecule has 3 rings (SSSR count). The number of nitro groups is 1. The summed E-state index contributed by atoms with van der Waals surface area (Å²) in [6, 6.07) is 19.2. The number of esters is 1. The predicted octanol–water partition coefficient (Wildman–Crippen LogP) is 10.3. The fourth-order valence-electron chi connectivity index (χ4n) is 4.80. The lowest BCUT2D eigenvalue weighted by Crippen LogP contribution is -2.13. The second-order valence-corrected chi connectivity index (χ2v) is 10.9. The van der Waals surface area contributed by atoms with Crippen LogP contribution in [0.1, 0.15) is 87.9 Å². The Morgan fingerprint density at radius 3 is 2.00 bits per heavy atom. The van der Waals surface area contributed by atoms with E-state index in [-0.39, 0.29) is 23.3 Å². The minimum atomic E-state index is -0.601. The Labute approximate surface area is 261 Å². The Hall–Kier alpha value is -4.39. The first kappa shape index (κ1) is 34.1. The van der Waals surface area contributed by atoms with Crippen molar-refractivity contribution >= 4 is 11.7 Å². The zero-order valence-electron chi connectivity index (χ0n) is 25.9. The van der Waals surface area contributed by atoms with Crippen molar-refractivity contribution in [2.24, 2.45) is 0 Å². The van der Waals surface area contributed by atoms with Crippen molar-refractivity contribution in [3.63, 3.8) is 0 Å². The van der Waals surface area contributed by atoms with E-state index >= 15 is 0 Å². The Balaban J connectivity index is 1.49. The molecule has 0 aliphatic carbocycles. The van der Waals surface area contributed by atoms with Gasteiger partial charge in [-0.3, -0.25) is 10.1 Å². The van der Waals surface area contributed by atoms with Gasteiger partial charge in [0, 0.05) is 0 Å². The number of ether oxygens (including phenoxy) is 3. The summed E-state index contributed by atoms with van der Waals surface area (Å²) in [5, 5.41) is 11.7. The number of hydrogen-bond acceptors (Lipinski definition) is 6. The van der Waals surface area contributed by atoms with Crippen LogP contribution in [0.2, 0.25) is 0 Å². The molecule has 0 aliphatic rings. The van der Waals surface area contributed by atoms with E-state index in [1.54, 1.807) is 12.1 Å². The van der Waals surface area contributed by atoms with E-state index in [2.05, 4.69) is 13.2 Å². The number of hydrogen-bond donors (Lipinski definition) is 0. The maximum absolute atomic E-state index is 12.8. The molecular weight excluding hydrogens is 554 g/mol. The molecule has 44 heavy (non-hydrogen) atoms. The number of unbranched alkanes of at least 4 members (excludes halogenated alkanes) is 8. The summed E-state index contributed by atoms with van der Waals surface area (Å²) >= 11 is 0. The first-order valence-corrected chi connectivity index (χ1v) is 15.6. The molecule has 1 atom stereocenters. The largest absolute Gasteiger partial charge is 0.494 e. The molecule has 0 spiro atoms. The van der Waals surface area contributed by atoms with Crippen molar-refractivity contribution in [3.8, 4) is 28.4 Å². The number of nitrogens with zero attached hydrogens (tertiary/aromatic N) is 1. The van der Waals surface area contributed by atoms with Crippen molar-refractivity contribution in [3.05, 3.63) is 108 Å². The van der Waals surface area contributed by atoms with Crippen LogP contribution in [0.4, 0.5) is 5.69 Å². The van der Waals surface area contributed by atoms with Crippen LogP contribution < -0.4 is 14.2 Å². The van der Waals surface area contributed by atoms with Gasteiger partial charge in [0.15, 0.2) is 5.75 Å². The molecule has 0 unspecified atom stereocenters. The number of benzene rings is 3. The summed E-state index contributed by atoms with van der Waals surface area (Å²) in [7, 11) is 0. The lowest BCUT2D eigenvalue weighted by molar-refractivity contribution is -0.386. The van der Waals surface area contributed by atoms with E-state index in [1.807, 2.05) is 55.5 Å². The SMILES string of the molecule is C=CCCCCCCCCOc1ccc(-c2ccc(C(=O)Oc3ccc(O[C@@H](C)CCCCC=C)c([N+](=O)[O-])c3)cc2)cc1. The second-order valence-electron chi connectivity index (χ2n) is 10.9. The third-order valence-corrected chi connectivity index (χ3v) is 7.31. The maximum atomic E-state index is 12.8. The Kier molecular flexibility index (Phi) is 14.7. The lowest BCUT2D eigenvalue weighted by atomic mass is 10.0. The fraction of sp³-hybridized carbons (Fsp3) is 0.378. The van der Waals surface area contributed by atoms with Gasteiger partial charge in [0.05, 0.1) is 29.3 Å². The zero-order valence-corrected chi connectivity index (χ0v) is 25.9. The molecular formula is C37H45NO6. The monoisotopic (exact) mass is 599 g/mol. The second kappa shape index (κ2) is 19.0. The number of rotatable bonds is 21. The van der Waals surface area contributed by atoms with Crippen LogP contribution in [0.15, 0.2) is 92.0 Å². The van der Waals surface area contributed by atoms with Gasteiger partial charge >= 0.3 is 11.7 Å². The standard InChI is InChI=1S/C37H45NO6/c1-4-6-8-10-11-12-13-15-27-42-33-23-21-31(22-24-33)30-17-19-32(20-18-30)37(39)44-34-25-26-36(35(28-34)38(40)41)43-29(3)16-14-9-7-5-2/h4-5,17-26,28-29H,1-2,6-16,27H2,3H3/t29-/m0/s1. The van der Waals surface area contributed by atoms with Crippen LogP contribution in [-0.2, 0) is 0 Å². The normalized spacial score (nSPS) is 11.4. The molecule has 7 nitrogen and oxygen atoms in total. The highest BCUT2D eigenvalue weighted by Crippen LogP contribution is 2.33. The van der Waals surface area contributed by atoms with Gasteiger partial charge in [-0.1, -0.05) is 62.1 Å². The molecule has 7 heteroatoms. The number of allylic oxidation sites excluding steroid dienone is 2. The van der Waals surface area contributed by atoms with Crippen molar-refractivity contribution in [1.82, 2.24) is 0 Å². The molecule has 3 aromatic rings. The Bertz CT molecular complexity index is 1330. The van der Waals surface area contributed by atoms with Crippen LogP contribution in [0, 0.1) is 10.1 Å². The molecule has 0 aliphatic heterocycles. The smallest absolute Gasteiger partial charge is 0.343 e. The van der Waals surface area contributed by atoms with Gasteiger partial charge in [-0.05, 0) is 99.4 Å². The van der Waals surface area contributed by atoms with E-state index in [0.29, 0.717) is 12.2 Å². The average molecular weight is 600 g/mol. The van der Waals surface area contributed by atoms with Gasteiger partial charge in [0.2, 0.25) is 0 Å². The zero-order chi connectivity index (χ0) is 31.6. The van der Waals surface area contributed by atoms with E-state index in [9.17, 15) is 14.9 Å². The molecule has 0 bridgehead atoms. The highest BCUT2D eigenvalue weighted by Gasteiger charge is 2.20. The van der Waals surface area contributed by atoms with Crippen molar-refractivity contribution in [1.29, 1.82) is 0 Å². The maximum Gasteiger partial charge on any atom is 0.343 e. The van der Waals surface area contributed by atoms with Crippen molar-refractivity contribution < 1.29 is 23.9 Å². The molecule has 0 aromatic heterocycles. The van der Waals surface area contributed by atoms with Gasteiger partial charge in [0.1, 0.15) is 11.5 Å². The quantitative estimate of drug-likeness (QED) is 0.0302. The fourth-order valence-corrected chi connectivity index (χ4v) is 4.80. The van der Waals surface area contributed by atoms with Crippen molar-refractivity contribution in [2.45, 2.75) is 83.7 Å². The molecule has 0 saturated carbocycles. The molecule has 0 amide bonds. The van der Waals surface area contributed by atoms with Gasteiger partial charge < -0.3 is 14.2 Å². The van der Waals surface area contributed by atoms with Crippen LogP contribution >= 0.6 is 0 Å². The van der Waals surface area contributed by atoms with Crippen molar-refractivity contribution in [2.75, 3.05) is 6.61 Å². The average Bonchev–Trinajstić information content (AvgIpc) is 3.03. The molecule has 0 radical (unpaired) electrons. The van der Waals surface area contributed by atoms with Gasteiger partial charge in [-0.2, -0.15) is 0 Å². The summed E-state index contributed by atoms with van der Waals surface area (Å²) in [6.45, 7) is 10.1. The summed E-state index contributed by atoms with van der Waals surface area (Å²) < 4.78 is 17.2. The molecule has 234 valence electrons. The van der Waals surface area contributed by atoms with Crippen LogP contribution in [0.3, 0.4) is 0 Å². The highest BCUT2D eigenvalue weighted by molar-refractivity contribution is 5.91. The first-order valence-electron chi connectivity index (χ1n) is 15.6. The molecule has 0 heterocycles. The molecule has 0 fully saturated rings. The molecule has 0 N–H and O–H groups in total. The Morgan fingerprint density at radius 1 is 0.795 bits per heavy atom. The predicted molar refractivity (Wildman–Crippen MR) is 177 cm³/mol. The number of carbonyl (C=O) groups is 1. The van der Waals surface area contributed by atoms with E-state index in [0.717, 1.165) is 55.4 Å². The third-order valence-electron chi connectivity index (χ3n) is 7.31. The van der Waals surface area contributed by atoms with Crippen LogP contribution in [0.25, 0.3) is 11.1 Å². The van der Waals surface area contributed by atoms with Gasteiger partial charge in [0.25, 0.3) is 0 Å². The third kappa shape index (κ3) is 11.7. The van der Waals surface area contributed by atoms with Crippen LogP contribution in [0.5, 0.6) is 17.2 Å². The molecule has 0 saturated heterocycles. The lowest BCUT2D eigenvalue weighted by Gasteiger charge is -2.15. The summed E-state index contributed by atoms with van der Waals surface area (Å²) in [6.07, 6.45) is 15.6. The topological polar surface area (TPSA) is 87.9 Å². The minimum Gasteiger partial charge on any atom is -0.494 e. The summed E-state index contributed by atoms with van der Waals surface area (Å²) in [4.78, 5) is 24.0. The first-order chi connectivity index (χ1) is 21.4. The minimum absolute atomic E-state index is 0.0795. The van der Waals surface area contributed by atoms with Gasteiger partial charge in [-0.25, -0.2) is 4.79 Å². The van der Waals surface area contributed by atoms with E-state index in [1.165, 1.54) is 50.3 Å². The number of carbonyl (C=O) groups excluding carboxylic acids is 1. The molecule has 3 aromatic carbocycles.